The highest BCUT2D eigenvalue weighted by Gasteiger charge is 2.41. The highest BCUT2D eigenvalue weighted by atomic mass is 32.2. The summed E-state index contributed by atoms with van der Waals surface area (Å²) < 4.78 is 24.3. The maximum atomic E-state index is 12.5. The maximum absolute atomic E-state index is 12.5. The third-order valence-electron chi connectivity index (χ3n) is 4.42. The highest BCUT2D eigenvalue weighted by Crippen LogP contribution is 2.27. The molecule has 1 fully saturated rings. The van der Waals surface area contributed by atoms with E-state index >= 15 is 0 Å². The Bertz CT molecular complexity index is 748. The SMILES string of the molecule is CC(=O)Nc1ccc(CC(=O)N2CCC(S(=O)(=O)C(C)(C)C)C2)cc1. The zero-order valence-corrected chi connectivity index (χ0v) is 16.0. The van der Waals surface area contributed by atoms with Crippen LogP contribution >= 0.6 is 0 Å². The molecule has 1 aromatic carbocycles. The molecule has 0 spiro atoms. The molecule has 0 saturated carbocycles. The Hall–Kier alpha value is -1.89. The van der Waals surface area contributed by atoms with Crippen LogP contribution < -0.4 is 5.32 Å². The first kappa shape index (κ1) is 19.4. The van der Waals surface area contributed by atoms with Gasteiger partial charge in [-0.05, 0) is 44.9 Å². The van der Waals surface area contributed by atoms with Gasteiger partial charge in [0.1, 0.15) is 0 Å². The van der Waals surface area contributed by atoms with E-state index in [9.17, 15) is 18.0 Å². The molecule has 1 saturated heterocycles. The molecule has 138 valence electrons. The van der Waals surface area contributed by atoms with Crippen molar-refractivity contribution in [1.29, 1.82) is 0 Å². The second-order valence-electron chi connectivity index (χ2n) is 7.46. The standard InChI is InChI=1S/C18H26N2O4S/c1-13(21)19-15-7-5-14(6-8-15)11-17(22)20-10-9-16(12-20)25(23,24)18(2,3)4/h5-8,16H,9-12H2,1-4H3,(H,19,21). The number of benzene rings is 1. The minimum atomic E-state index is -3.27. The van der Waals surface area contributed by atoms with Crippen molar-refractivity contribution in [3.05, 3.63) is 29.8 Å². The molecule has 2 rings (SSSR count). The van der Waals surface area contributed by atoms with Gasteiger partial charge in [0.2, 0.25) is 11.8 Å². The van der Waals surface area contributed by atoms with E-state index in [2.05, 4.69) is 5.32 Å². The van der Waals surface area contributed by atoms with Crippen LogP contribution in [0, 0.1) is 0 Å². The number of hydrogen-bond donors (Lipinski definition) is 1. The van der Waals surface area contributed by atoms with Gasteiger partial charge in [-0.25, -0.2) is 8.42 Å². The van der Waals surface area contributed by atoms with Crippen LogP contribution in [0.5, 0.6) is 0 Å². The zero-order valence-electron chi connectivity index (χ0n) is 15.2. The Morgan fingerprint density at radius 2 is 1.80 bits per heavy atom. The lowest BCUT2D eigenvalue weighted by Crippen LogP contribution is -2.40. The normalized spacial score (nSPS) is 18.2. The van der Waals surface area contributed by atoms with Gasteiger partial charge in [0.05, 0.1) is 16.4 Å². The van der Waals surface area contributed by atoms with Crippen LogP contribution in [0.4, 0.5) is 5.69 Å². The van der Waals surface area contributed by atoms with Gasteiger partial charge in [0.25, 0.3) is 0 Å². The van der Waals surface area contributed by atoms with E-state index in [4.69, 9.17) is 0 Å². The van der Waals surface area contributed by atoms with Crippen molar-refractivity contribution in [2.45, 2.75) is 50.5 Å². The van der Waals surface area contributed by atoms with Crippen LogP contribution in [0.25, 0.3) is 0 Å². The molecule has 1 aliphatic heterocycles. The number of sulfone groups is 1. The first-order valence-corrected chi connectivity index (χ1v) is 9.93. The van der Waals surface area contributed by atoms with Crippen LogP contribution in [0.1, 0.15) is 39.7 Å². The number of carbonyl (C=O) groups is 2. The lowest BCUT2D eigenvalue weighted by Gasteiger charge is -2.24. The zero-order chi connectivity index (χ0) is 18.8. The number of amides is 2. The van der Waals surface area contributed by atoms with E-state index in [1.165, 1.54) is 6.92 Å². The molecule has 0 radical (unpaired) electrons. The van der Waals surface area contributed by atoms with Crippen molar-refractivity contribution in [2.75, 3.05) is 18.4 Å². The fourth-order valence-electron chi connectivity index (χ4n) is 2.90. The Morgan fingerprint density at radius 3 is 2.32 bits per heavy atom. The molecule has 0 bridgehead atoms. The molecule has 7 heteroatoms. The molecular formula is C18H26N2O4S. The molecule has 1 aliphatic rings. The number of anilines is 1. The van der Waals surface area contributed by atoms with Gasteiger partial charge in [-0.1, -0.05) is 12.1 Å². The fourth-order valence-corrected chi connectivity index (χ4v) is 4.70. The molecule has 1 heterocycles. The number of nitrogens with one attached hydrogen (secondary N) is 1. The molecule has 25 heavy (non-hydrogen) atoms. The molecule has 1 unspecified atom stereocenters. The summed E-state index contributed by atoms with van der Waals surface area (Å²) in [5, 5.41) is 2.19. The van der Waals surface area contributed by atoms with Crippen LogP contribution in [-0.4, -0.2) is 48.2 Å². The molecule has 0 aromatic heterocycles. The number of carbonyl (C=O) groups excluding carboxylic acids is 2. The van der Waals surface area contributed by atoms with Crippen molar-refractivity contribution < 1.29 is 18.0 Å². The van der Waals surface area contributed by atoms with Gasteiger partial charge < -0.3 is 10.2 Å². The summed E-state index contributed by atoms with van der Waals surface area (Å²) in [6.45, 7) is 7.27. The molecule has 1 aromatic rings. The van der Waals surface area contributed by atoms with Crippen LogP contribution in [-0.2, 0) is 25.8 Å². The molecule has 1 N–H and O–H groups in total. The van der Waals surface area contributed by atoms with Crippen LogP contribution in [0.2, 0.25) is 0 Å². The Balaban J connectivity index is 1.97. The number of nitrogens with zero attached hydrogens (tertiary/aromatic N) is 1. The van der Waals surface area contributed by atoms with Crippen molar-refractivity contribution in [3.8, 4) is 0 Å². The first-order valence-electron chi connectivity index (χ1n) is 8.38. The quantitative estimate of drug-likeness (QED) is 0.883. The lowest BCUT2D eigenvalue weighted by atomic mass is 10.1. The summed E-state index contributed by atoms with van der Waals surface area (Å²) in [6, 6.07) is 7.09. The monoisotopic (exact) mass is 366 g/mol. The largest absolute Gasteiger partial charge is 0.341 e. The van der Waals surface area contributed by atoms with E-state index in [-0.39, 0.29) is 24.8 Å². The minimum absolute atomic E-state index is 0.0705. The number of hydrogen-bond acceptors (Lipinski definition) is 4. The predicted octanol–water partition coefficient (Wildman–Crippen LogP) is 2.00. The van der Waals surface area contributed by atoms with E-state index in [0.29, 0.717) is 18.7 Å². The first-order chi connectivity index (χ1) is 11.5. The molecule has 6 nitrogen and oxygen atoms in total. The Labute approximate surface area is 149 Å². The predicted molar refractivity (Wildman–Crippen MR) is 98.1 cm³/mol. The third kappa shape index (κ3) is 4.60. The third-order valence-corrected chi connectivity index (χ3v) is 7.39. The van der Waals surface area contributed by atoms with Gasteiger partial charge >= 0.3 is 0 Å². The molecule has 0 aliphatic carbocycles. The summed E-state index contributed by atoms with van der Waals surface area (Å²) in [6.07, 6.45) is 0.718. The molecular weight excluding hydrogens is 340 g/mol. The second kappa shape index (κ2) is 7.15. The van der Waals surface area contributed by atoms with Gasteiger partial charge in [0, 0.05) is 25.7 Å². The van der Waals surface area contributed by atoms with E-state index < -0.39 is 19.8 Å². The second-order valence-corrected chi connectivity index (χ2v) is 10.4. The average Bonchev–Trinajstić information content (AvgIpc) is 2.98. The van der Waals surface area contributed by atoms with Crippen LogP contribution in [0.3, 0.4) is 0 Å². The maximum Gasteiger partial charge on any atom is 0.227 e. The summed E-state index contributed by atoms with van der Waals surface area (Å²) in [5.74, 6) is -0.217. The number of rotatable bonds is 4. The van der Waals surface area contributed by atoms with Crippen molar-refractivity contribution in [1.82, 2.24) is 4.90 Å². The Kier molecular flexibility index (Phi) is 5.56. The van der Waals surface area contributed by atoms with Crippen molar-refractivity contribution >= 4 is 27.3 Å². The smallest absolute Gasteiger partial charge is 0.227 e. The van der Waals surface area contributed by atoms with E-state index in [0.717, 1.165) is 5.56 Å². The average molecular weight is 366 g/mol. The molecule has 2 amide bonds. The van der Waals surface area contributed by atoms with E-state index in [1.54, 1.807) is 49.9 Å². The summed E-state index contributed by atoms with van der Waals surface area (Å²) in [4.78, 5) is 25.1. The summed E-state index contributed by atoms with van der Waals surface area (Å²) in [7, 11) is -3.27. The minimum Gasteiger partial charge on any atom is -0.341 e. The van der Waals surface area contributed by atoms with Crippen molar-refractivity contribution in [2.24, 2.45) is 0 Å². The topological polar surface area (TPSA) is 83.6 Å². The highest BCUT2D eigenvalue weighted by molar-refractivity contribution is 7.93. The van der Waals surface area contributed by atoms with Gasteiger partial charge in [0.15, 0.2) is 9.84 Å². The Morgan fingerprint density at radius 1 is 1.20 bits per heavy atom. The number of likely N-dealkylation sites (tertiary alicyclic amines) is 1. The molecule has 1 atom stereocenters. The van der Waals surface area contributed by atoms with E-state index in [1.807, 2.05) is 0 Å². The fraction of sp³-hybridized carbons (Fsp3) is 0.556. The van der Waals surface area contributed by atoms with Crippen molar-refractivity contribution in [3.63, 3.8) is 0 Å². The van der Waals surface area contributed by atoms with Gasteiger partial charge in [-0.15, -0.1) is 0 Å². The van der Waals surface area contributed by atoms with Gasteiger partial charge in [-0.3, -0.25) is 9.59 Å². The summed E-state index contributed by atoms with van der Waals surface area (Å²) in [5.41, 5.74) is 1.52. The summed E-state index contributed by atoms with van der Waals surface area (Å²) >= 11 is 0. The van der Waals surface area contributed by atoms with Crippen LogP contribution in [0.15, 0.2) is 24.3 Å². The van der Waals surface area contributed by atoms with Gasteiger partial charge in [-0.2, -0.15) is 0 Å². The lowest BCUT2D eigenvalue weighted by molar-refractivity contribution is -0.129.